The Hall–Kier alpha value is -3.64. The molecule has 3 aromatic rings. The third-order valence-corrected chi connectivity index (χ3v) is 4.76. The van der Waals surface area contributed by atoms with Crippen LogP contribution in [0.2, 0.25) is 5.02 Å². The number of rotatable bonds is 8. The Labute approximate surface area is 191 Å². The predicted molar refractivity (Wildman–Crippen MR) is 125 cm³/mol. The molecule has 3 rings (SSSR count). The summed E-state index contributed by atoms with van der Waals surface area (Å²) in [7, 11) is 0. The molecule has 1 amide bonds. The predicted octanol–water partition coefficient (Wildman–Crippen LogP) is 5.21. The second-order valence-electron chi connectivity index (χ2n) is 7.24. The summed E-state index contributed by atoms with van der Waals surface area (Å²) in [5.41, 5.74) is 4.49. The standard InChI is InChI=1S/C25H23ClN2O4/c1-17(2)18-9-13-22(14-10-18)31-16-24(29)28-27-15-20-5-3-4-6-23(20)32-25(30)19-7-11-21(26)12-8-19/h3-15,17H,16H2,1-2H3,(H,28,29)/b27-15-. The fraction of sp³-hybridized carbons (Fsp3) is 0.160. The van der Waals surface area contributed by atoms with Crippen molar-refractivity contribution < 1.29 is 19.1 Å². The second-order valence-corrected chi connectivity index (χ2v) is 7.68. The molecule has 164 valence electrons. The molecule has 0 unspecified atom stereocenters. The molecular weight excluding hydrogens is 428 g/mol. The van der Waals surface area contributed by atoms with Crippen molar-refractivity contribution in [1.29, 1.82) is 0 Å². The third-order valence-electron chi connectivity index (χ3n) is 4.51. The molecule has 6 nitrogen and oxygen atoms in total. The molecule has 7 heteroatoms. The Balaban J connectivity index is 1.54. The number of hydrazone groups is 1. The minimum atomic E-state index is -0.525. The number of halogens is 1. The maximum Gasteiger partial charge on any atom is 0.343 e. The summed E-state index contributed by atoms with van der Waals surface area (Å²) >= 11 is 5.85. The van der Waals surface area contributed by atoms with E-state index in [1.807, 2.05) is 24.3 Å². The minimum Gasteiger partial charge on any atom is -0.484 e. The Morgan fingerprint density at radius 1 is 1.00 bits per heavy atom. The molecule has 0 aliphatic rings. The second kappa shape index (κ2) is 11.1. The number of benzene rings is 3. The van der Waals surface area contributed by atoms with Crippen LogP contribution < -0.4 is 14.9 Å². The van der Waals surface area contributed by atoms with Crippen molar-refractivity contribution in [2.24, 2.45) is 5.10 Å². The van der Waals surface area contributed by atoms with E-state index in [1.54, 1.807) is 48.5 Å². The Morgan fingerprint density at radius 3 is 2.38 bits per heavy atom. The molecule has 0 fully saturated rings. The van der Waals surface area contributed by atoms with Gasteiger partial charge in [0.1, 0.15) is 11.5 Å². The van der Waals surface area contributed by atoms with E-state index in [-0.39, 0.29) is 6.61 Å². The van der Waals surface area contributed by atoms with Crippen LogP contribution in [0, 0.1) is 0 Å². The van der Waals surface area contributed by atoms with Crippen LogP contribution in [-0.4, -0.2) is 24.7 Å². The lowest BCUT2D eigenvalue weighted by Gasteiger charge is -2.08. The van der Waals surface area contributed by atoms with Crippen LogP contribution in [0.5, 0.6) is 11.5 Å². The van der Waals surface area contributed by atoms with Gasteiger partial charge >= 0.3 is 5.97 Å². The third kappa shape index (κ3) is 6.68. The van der Waals surface area contributed by atoms with E-state index in [0.717, 1.165) is 0 Å². The van der Waals surface area contributed by atoms with Crippen LogP contribution >= 0.6 is 11.6 Å². The van der Waals surface area contributed by atoms with Gasteiger partial charge in [-0.15, -0.1) is 0 Å². The molecule has 1 N–H and O–H groups in total. The van der Waals surface area contributed by atoms with Crippen molar-refractivity contribution in [3.63, 3.8) is 0 Å². The lowest BCUT2D eigenvalue weighted by Crippen LogP contribution is -2.24. The molecule has 0 aromatic heterocycles. The van der Waals surface area contributed by atoms with Gasteiger partial charge in [0.25, 0.3) is 5.91 Å². The molecule has 0 aliphatic carbocycles. The van der Waals surface area contributed by atoms with Crippen molar-refractivity contribution in [3.8, 4) is 11.5 Å². The van der Waals surface area contributed by atoms with Gasteiger partial charge in [0.15, 0.2) is 6.61 Å². The van der Waals surface area contributed by atoms with Crippen molar-refractivity contribution >= 4 is 29.7 Å². The number of nitrogens with zero attached hydrogens (tertiary/aromatic N) is 1. The van der Waals surface area contributed by atoms with Gasteiger partial charge in [-0.05, 0) is 60.0 Å². The summed E-state index contributed by atoms with van der Waals surface area (Å²) in [6.07, 6.45) is 1.40. The van der Waals surface area contributed by atoms with E-state index < -0.39 is 11.9 Å². The number of para-hydroxylation sites is 1. The SMILES string of the molecule is CC(C)c1ccc(OCC(=O)N/N=C\c2ccccc2OC(=O)c2ccc(Cl)cc2)cc1. The normalized spacial score (nSPS) is 10.9. The highest BCUT2D eigenvalue weighted by Gasteiger charge is 2.11. The lowest BCUT2D eigenvalue weighted by molar-refractivity contribution is -0.123. The van der Waals surface area contributed by atoms with Crippen LogP contribution in [0.4, 0.5) is 0 Å². The number of hydrogen-bond acceptors (Lipinski definition) is 5. The van der Waals surface area contributed by atoms with Crippen LogP contribution in [0.15, 0.2) is 77.9 Å². The zero-order valence-electron chi connectivity index (χ0n) is 17.7. The molecule has 0 saturated carbocycles. The molecule has 3 aromatic carbocycles. The molecule has 0 radical (unpaired) electrons. The first-order chi connectivity index (χ1) is 15.4. The smallest absolute Gasteiger partial charge is 0.343 e. The molecule has 32 heavy (non-hydrogen) atoms. The van der Waals surface area contributed by atoms with Crippen molar-refractivity contribution in [3.05, 3.63) is 94.5 Å². The Kier molecular flexibility index (Phi) is 8.00. The van der Waals surface area contributed by atoms with Gasteiger partial charge in [0.05, 0.1) is 11.8 Å². The molecular formula is C25H23ClN2O4. The number of hydrogen-bond donors (Lipinski definition) is 1. The average molecular weight is 451 g/mol. The number of carbonyl (C=O) groups is 2. The van der Waals surface area contributed by atoms with Gasteiger partial charge in [-0.2, -0.15) is 5.10 Å². The van der Waals surface area contributed by atoms with E-state index in [2.05, 4.69) is 24.4 Å². The number of amides is 1. The van der Waals surface area contributed by atoms with Gasteiger partial charge in [-0.3, -0.25) is 4.79 Å². The summed E-state index contributed by atoms with van der Waals surface area (Å²) in [5.74, 6) is 0.406. The maximum atomic E-state index is 12.3. The van der Waals surface area contributed by atoms with Gasteiger partial charge in [0, 0.05) is 10.6 Å². The van der Waals surface area contributed by atoms with Crippen LogP contribution in [0.3, 0.4) is 0 Å². The highest BCUT2D eigenvalue weighted by molar-refractivity contribution is 6.30. The molecule has 0 spiro atoms. The number of esters is 1. The molecule has 0 heterocycles. The highest BCUT2D eigenvalue weighted by Crippen LogP contribution is 2.19. The number of carbonyl (C=O) groups excluding carboxylic acids is 2. The molecule has 0 aliphatic heterocycles. The summed E-state index contributed by atoms with van der Waals surface area (Å²) in [6.45, 7) is 4.04. The van der Waals surface area contributed by atoms with Gasteiger partial charge in [-0.1, -0.05) is 49.7 Å². The number of ether oxygens (including phenoxy) is 2. The van der Waals surface area contributed by atoms with Crippen molar-refractivity contribution in [1.82, 2.24) is 5.43 Å². The number of nitrogens with one attached hydrogen (secondary N) is 1. The largest absolute Gasteiger partial charge is 0.484 e. The average Bonchev–Trinajstić information content (AvgIpc) is 2.79. The first-order valence-corrected chi connectivity index (χ1v) is 10.4. The summed E-state index contributed by atoms with van der Waals surface area (Å²) in [5, 5.41) is 4.46. The first-order valence-electron chi connectivity index (χ1n) is 10.0. The first kappa shape index (κ1) is 23.0. The Bertz CT molecular complexity index is 1090. The molecule has 0 atom stereocenters. The molecule has 0 saturated heterocycles. The Morgan fingerprint density at radius 2 is 1.69 bits per heavy atom. The van der Waals surface area contributed by atoms with Crippen LogP contribution in [0.25, 0.3) is 0 Å². The van der Waals surface area contributed by atoms with Gasteiger partial charge in [0.2, 0.25) is 0 Å². The zero-order valence-corrected chi connectivity index (χ0v) is 18.5. The summed E-state index contributed by atoms with van der Waals surface area (Å²) < 4.78 is 10.9. The zero-order chi connectivity index (χ0) is 22.9. The fourth-order valence-corrected chi connectivity index (χ4v) is 2.85. The van der Waals surface area contributed by atoms with Crippen molar-refractivity contribution in [2.75, 3.05) is 6.61 Å². The summed E-state index contributed by atoms with van der Waals surface area (Å²) in [6, 6.07) is 20.9. The van der Waals surface area contributed by atoms with E-state index in [0.29, 0.717) is 33.6 Å². The quantitative estimate of drug-likeness (QED) is 0.221. The van der Waals surface area contributed by atoms with E-state index in [4.69, 9.17) is 21.1 Å². The monoisotopic (exact) mass is 450 g/mol. The van der Waals surface area contributed by atoms with Crippen LogP contribution in [0.1, 0.15) is 41.3 Å². The topological polar surface area (TPSA) is 77.0 Å². The van der Waals surface area contributed by atoms with Crippen molar-refractivity contribution in [2.45, 2.75) is 19.8 Å². The minimum absolute atomic E-state index is 0.175. The summed E-state index contributed by atoms with van der Waals surface area (Å²) in [4.78, 5) is 24.4. The van der Waals surface area contributed by atoms with Crippen LogP contribution in [-0.2, 0) is 4.79 Å². The molecule has 0 bridgehead atoms. The maximum absolute atomic E-state index is 12.3. The van der Waals surface area contributed by atoms with Gasteiger partial charge < -0.3 is 9.47 Å². The highest BCUT2D eigenvalue weighted by atomic mass is 35.5. The van der Waals surface area contributed by atoms with E-state index in [1.165, 1.54) is 11.8 Å². The lowest BCUT2D eigenvalue weighted by atomic mass is 10.0. The van der Waals surface area contributed by atoms with E-state index >= 15 is 0 Å². The fourth-order valence-electron chi connectivity index (χ4n) is 2.73. The van der Waals surface area contributed by atoms with Gasteiger partial charge in [-0.25, -0.2) is 10.2 Å². The van der Waals surface area contributed by atoms with E-state index in [9.17, 15) is 9.59 Å².